The number of carbonyl (C=O) groups excluding carboxylic acids is 2. The molecule has 38 heavy (non-hydrogen) atoms. The van der Waals surface area contributed by atoms with Gasteiger partial charge in [-0.1, -0.05) is 80.6 Å². The summed E-state index contributed by atoms with van der Waals surface area (Å²) in [5, 5.41) is 14.2. The van der Waals surface area contributed by atoms with Crippen LogP contribution < -0.4 is 16.3 Å². The molecule has 0 fully saturated rings. The Balaban J connectivity index is 1.58. The van der Waals surface area contributed by atoms with Gasteiger partial charge in [0, 0.05) is 10.9 Å². The number of rotatable bonds is 8. The van der Waals surface area contributed by atoms with Crippen LogP contribution in [0.3, 0.4) is 0 Å². The lowest BCUT2D eigenvalue weighted by atomic mass is 10.0. The summed E-state index contributed by atoms with van der Waals surface area (Å²) in [7, 11) is 0. The minimum absolute atomic E-state index is 0.203. The van der Waals surface area contributed by atoms with Gasteiger partial charge in [-0.2, -0.15) is 10.2 Å². The molecule has 2 amide bonds. The highest BCUT2D eigenvalue weighted by atomic mass is 16.2. The fraction of sp³-hybridized carbons (Fsp3) is 0.167. The molecule has 8 nitrogen and oxygen atoms in total. The van der Waals surface area contributed by atoms with E-state index in [4.69, 9.17) is 0 Å². The second-order valence-electron chi connectivity index (χ2n) is 9.20. The van der Waals surface area contributed by atoms with Crippen molar-refractivity contribution in [3.05, 3.63) is 117 Å². The molecule has 0 aliphatic carbocycles. The van der Waals surface area contributed by atoms with E-state index in [1.807, 2.05) is 25.1 Å². The maximum atomic E-state index is 13.3. The van der Waals surface area contributed by atoms with E-state index in [2.05, 4.69) is 52.0 Å². The van der Waals surface area contributed by atoms with Crippen molar-refractivity contribution in [1.82, 2.24) is 20.9 Å². The lowest BCUT2D eigenvalue weighted by molar-refractivity contribution is -0.123. The fourth-order valence-corrected chi connectivity index (χ4v) is 3.96. The second kappa shape index (κ2) is 11.9. The Bertz CT molecular complexity index is 1550. The van der Waals surface area contributed by atoms with Gasteiger partial charge >= 0.3 is 0 Å². The molecule has 8 heteroatoms. The van der Waals surface area contributed by atoms with Gasteiger partial charge < -0.3 is 5.32 Å². The zero-order chi connectivity index (χ0) is 27.1. The molecule has 0 spiro atoms. The number of fused-ring (bicyclic) bond motifs is 1. The summed E-state index contributed by atoms with van der Waals surface area (Å²) in [6, 6.07) is 22.3. The summed E-state index contributed by atoms with van der Waals surface area (Å²) in [4.78, 5) is 38.5. The van der Waals surface area contributed by atoms with Crippen LogP contribution >= 0.6 is 0 Å². The van der Waals surface area contributed by atoms with Crippen LogP contribution in [0.25, 0.3) is 16.8 Å². The molecule has 1 unspecified atom stereocenters. The summed E-state index contributed by atoms with van der Waals surface area (Å²) in [5.74, 6) is -0.618. The van der Waals surface area contributed by atoms with Crippen LogP contribution in [0, 0.1) is 0 Å². The van der Waals surface area contributed by atoms with E-state index in [1.54, 1.807) is 54.6 Å². The topological polar surface area (TPSA) is 116 Å². The molecule has 0 aliphatic heterocycles. The first-order valence-electron chi connectivity index (χ1n) is 12.3. The van der Waals surface area contributed by atoms with Crippen LogP contribution in [0.15, 0.2) is 94.3 Å². The molecular formula is C30H29N5O3. The number of hydrogen-bond acceptors (Lipinski definition) is 5. The van der Waals surface area contributed by atoms with Gasteiger partial charge in [-0.3, -0.25) is 14.4 Å². The number of H-pyrrole nitrogens is 1. The minimum atomic E-state index is -1.21. The first-order valence-corrected chi connectivity index (χ1v) is 12.3. The lowest BCUT2D eigenvalue weighted by Gasteiger charge is -2.18. The predicted molar refractivity (Wildman–Crippen MR) is 150 cm³/mol. The number of nitrogens with zero attached hydrogens (tertiary/aromatic N) is 2. The minimum Gasteiger partial charge on any atom is -0.335 e. The maximum Gasteiger partial charge on any atom is 0.272 e. The third-order valence-electron chi connectivity index (χ3n) is 6.01. The largest absolute Gasteiger partial charge is 0.335 e. The van der Waals surface area contributed by atoms with Gasteiger partial charge in [-0.05, 0) is 47.7 Å². The Morgan fingerprint density at radius 1 is 0.921 bits per heavy atom. The quantitative estimate of drug-likeness (QED) is 0.236. The Kier molecular flexibility index (Phi) is 8.23. The number of hydrazone groups is 1. The van der Waals surface area contributed by atoms with Crippen LogP contribution in [0.1, 0.15) is 59.9 Å². The van der Waals surface area contributed by atoms with Crippen molar-refractivity contribution >= 4 is 34.9 Å². The molecule has 3 aromatic carbocycles. The van der Waals surface area contributed by atoms with Crippen LogP contribution in [0.5, 0.6) is 0 Å². The monoisotopic (exact) mass is 507 g/mol. The van der Waals surface area contributed by atoms with E-state index in [0.717, 1.165) is 11.1 Å². The van der Waals surface area contributed by atoms with Crippen molar-refractivity contribution in [1.29, 1.82) is 0 Å². The number of carbonyl (C=O) groups is 2. The van der Waals surface area contributed by atoms with Crippen molar-refractivity contribution in [2.75, 3.05) is 0 Å². The molecule has 0 saturated carbocycles. The molecule has 0 bridgehead atoms. The molecule has 0 saturated heterocycles. The molecule has 0 aliphatic rings. The highest BCUT2D eigenvalue weighted by Crippen LogP contribution is 2.21. The van der Waals surface area contributed by atoms with Crippen LogP contribution in [0.2, 0.25) is 0 Å². The third kappa shape index (κ3) is 6.28. The fourth-order valence-electron chi connectivity index (χ4n) is 3.96. The highest BCUT2D eigenvalue weighted by molar-refractivity contribution is 5.99. The van der Waals surface area contributed by atoms with Gasteiger partial charge in [0.25, 0.3) is 17.4 Å². The average Bonchev–Trinajstić information content (AvgIpc) is 2.93. The summed E-state index contributed by atoms with van der Waals surface area (Å²) in [6.07, 6.45) is 3.48. The van der Waals surface area contributed by atoms with Gasteiger partial charge in [0.2, 0.25) is 0 Å². The Morgan fingerprint density at radius 3 is 2.26 bits per heavy atom. The van der Waals surface area contributed by atoms with E-state index >= 15 is 0 Å². The summed E-state index contributed by atoms with van der Waals surface area (Å²) in [5.41, 5.74) is 5.79. The van der Waals surface area contributed by atoms with E-state index in [9.17, 15) is 14.4 Å². The molecule has 3 N–H and O–H groups in total. The van der Waals surface area contributed by atoms with E-state index in [0.29, 0.717) is 22.3 Å². The van der Waals surface area contributed by atoms with Crippen LogP contribution in [-0.4, -0.2) is 28.2 Å². The molecular weight excluding hydrogens is 478 g/mol. The van der Waals surface area contributed by atoms with E-state index < -0.39 is 23.4 Å². The molecule has 192 valence electrons. The standard InChI is InChI=1S/C30H29N5O3/c1-19(2)22-15-13-21(14-16-22)17-20(3)18-31-34-30(38)27(32-28(36)23-9-5-4-6-10-23)26-24-11-7-8-12-25(24)29(37)35-33-26/h4-19,27H,1-3H3,(H,32,36)(H,34,38)(H,35,37). The van der Waals surface area contributed by atoms with E-state index in [1.165, 1.54) is 11.8 Å². The molecule has 1 heterocycles. The first kappa shape index (κ1) is 26.2. The Labute approximate surface area is 220 Å². The Morgan fingerprint density at radius 2 is 1.58 bits per heavy atom. The van der Waals surface area contributed by atoms with Crippen molar-refractivity contribution in [3.63, 3.8) is 0 Å². The number of aromatic amines is 1. The van der Waals surface area contributed by atoms with Gasteiger partial charge in [-0.25, -0.2) is 10.5 Å². The number of hydrogen-bond donors (Lipinski definition) is 3. The van der Waals surface area contributed by atoms with Crippen molar-refractivity contribution < 1.29 is 9.59 Å². The number of nitrogens with one attached hydrogen (secondary N) is 3. The van der Waals surface area contributed by atoms with Gasteiger partial charge in [0.05, 0.1) is 11.6 Å². The van der Waals surface area contributed by atoms with E-state index in [-0.39, 0.29) is 5.69 Å². The number of amides is 2. The first-order chi connectivity index (χ1) is 18.3. The maximum absolute atomic E-state index is 13.3. The second-order valence-corrected chi connectivity index (χ2v) is 9.20. The lowest BCUT2D eigenvalue weighted by Crippen LogP contribution is -2.40. The number of allylic oxidation sites excluding steroid dienone is 1. The van der Waals surface area contributed by atoms with Gasteiger partial charge in [0.1, 0.15) is 5.69 Å². The molecule has 0 radical (unpaired) electrons. The van der Waals surface area contributed by atoms with Gasteiger partial charge in [0.15, 0.2) is 6.04 Å². The smallest absolute Gasteiger partial charge is 0.272 e. The average molecular weight is 508 g/mol. The molecule has 4 rings (SSSR count). The molecule has 4 aromatic rings. The number of benzene rings is 3. The number of aromatic nitrogens is 2. The van der Waals surface area contributed by atoms with Crippen LogP contribution in [-0.2, 0) is 4.79 Å². The molecule has 1 atom stereocenters. The zero-order valence-corrected chi connectivity index (χ0v) is 21.4. The van der Waals surface area contributed by atoms with Crippen molar-refractivity contribution in [2.45, 2.75) is 32.7 Å². The highest BCUT2D eigenvalue weighted by Gasteiger charge is 2.27. The Hall–Kier alpha value is -4.85. The summed E-state index contributed by atoms with van der Waals surface area (Å²) >= 11 is 0. The third-order valence-corrected chi connectivity index (χ3v) is 6.01. The van der Waals surface area contributed by atoms with Crippen molar-refractivity contribution in [3.8, 4) is 0 Å². The van der Waals surface area contributed by atoms with Crippen LogP contribution in [0.4, 0.5) is 0 Å². The summed E-state index contributed by atoms with van der Waals surface area (Å²) in [6.45, 7) is 6.16. The normalized spacial score (nSPS) is 12.6. The van der Waals surface area contributed by atoms with Crippen molar-refractivity contribution in [2.24, 2.45) is 5.10 Å². The predicted octanol–water partition coefficient (Wildman–Crippen LogP) is 4.72. The molecule has 1 aromatic heterocycles. The summed E-state index contributed by atoms with van der Waals surface area (Å²) < 4.78 is 0. The van der Waals surface area contributed by atoms with Gasteiger partial charge in [-0.15, -0.1) is 0 Å². The zero-order valence-electron chi connectivity index (χ0n) is 21.4. The SMILES string of the molecule is CC(C=NNC(=O)C(NC(=O)c1ccccc1)c1n[nH]c(=O)c2ccccc12)=Cc1ccc(C(C)C)cc1.